The number of carbonyl (C=O) groups is 1. The molecule has 5 nitrogen and oxygen atoms in total. The zero-order valence-corrected chi connectivity index (χ0v) is 12.2. The van der Waals surface area contributed by atoms with Crippen molar-refractivity contribution in [2.75, 3.05) is 6.61 Å². The number of carboxylic acid groups (broad SMARTS) is 1. The van der Waals surface area contributed by atoms with Gasteiger partial charge in [-0.05, 0) is 18.2 Å². The minimum Gasteiger partial charge on any atom is -0.481 e. The molecule has 0 radical (unpaired) electrons. The lowest BCUT2D eigenvalue weighted by Crippen LogP contribution is -2.09. The van der Waals surface area contributed by atoms with Crippen LogP contribution in [0.15, 0.2) is 39.5 Å². The summed E-state index contributed by atoms with van der Waals surface area (Å²) in [5.41, 5.74) is 0.651. The van der Waals surface area contributed by atoms with Gasteiger partial charge in [-0.15, -0.1) is 0 Å². The van der Waals surface area contributed by atoms with E-state index in [1.54, 1.807) is 24.3 Å². The maximum atomic E-state index is 10.5. The van der Waals surface area contributed by atoms with Gasteiger partial charge >= 0.3 is 5.97 Å². The lowest BCUT2D eigenvalue weighted by molar-refractivity contribution is -0.139. The lowest BCUT2D eigenvalue weighted by atomic mass is 10.1. The van der Waals surface area contributed by atoms with Crippen LogP contribution < -0.4 is 4.74 Å². The fourth-order valence-corrected chi connectivity index (χ4v) is 1.68. The van der Waals surface area contributed by atoms with Crippen LogP contribution in [0.2, 0.25) is 0 Å². The number of aliphatic carboxylic acids is 1. The predicted molar refractivity (Wildman–Crippen MR) is 74.1 cm³/mol. The third-order valence-electron chi connectivity index (χ3n) is 2.00. The summed E-state index contributed by atoms with van der Waals surface area (Å²) in [6.45, 7) is 3.60. The van der Waals surface area contributed by atoms with E-state index in [9.17, 15) is 4.79 Å². The maximum Gasteiger partial charge on any atom is 0.341 e. The number of benzene rings is 1. The van der Waals surface area contributed by atoms with Crippen molar-refractivity contribution in [2.45, 2.75) is 13.8 Å². The molecule has 6 heteroatoms. The Hall–Kier alpha value is -1.82. The molecule has 0 amide bonds. The first-order valence-electron chi connectivity index (χ1n) is 5.72. The van der Waals surface area contributed by atoms with E-state index in [4.69, 9.17) is 14.4 Å². The van der Waals surface area contributed by atoms with Gasteiger partial charge in [-0.3, -0.25) is 0 Å². The fourth-order valence-electron chi connectivity index (χ4n) is 1.31. The Bertz CT molecular complexity index is 525. The molecule has 102 valence electrons. The van der Waals surface area contributed by atoms with Crippen LogP contribution >= 0.6 is 15.9 Å². The molecule has 0 aliphatic carbocycles. The van der Waals surface area contributed by atoms with E-state index < -0.39 is 12.6 Å². The van der Waals surface area contributed by atoms with Gasteiger partial charge in [0.2, 0.25) is 0 Å². The first-order chi connectivity index (χ1) is 9.16. The molecule has 0 fully saturated rings. The molecule has 1 aromatic heterocycles. The maximum absolute atomic E-state index is 10.5. The van der Waals surface area contributed by atoms with Crippen molar-refractivity contribution < 1.29 is 19.2 Å². The number of hydrogen-bond acceptors (Lipinski definition) is 4. The Kier molecular flexibility index (Phi) is 6.08. The van der Waals surface area contributed by atoms with Crippen molar-refractivity contribution >= 4 is 21.9 Å². The summed E-state index contributed by atoms with van der Waals surface area (Å²) in [7, 11) is 0. The molecule has 0 unspecified atom stereocenters. The molecule has 0 spiro atoms. The highest BCUT2D eigenvalue weighted by atomic mass is 79.9. The largest absolute Gasteiger partial charge is 0.481 e. The monoisotopic (exact) mass is 327 g/mol. The minimum absolute atomic E-state index is 0.400. The molecule has 0 bridgehead atoms. The SMILES string of the molecule is CC.O=C(O)COc1ccc(Br)cc1-c1ccno1. The van der Waals surface area contributed by atoms with Gasteiger partial charge in [-0.25, -0.2) is 4.79 Å². The van der Waals surface area contributed by atoms with E-state index in [1.165, 1.54) is 6.20 Å². The van der Waals surface area contributed by atoms with E-state index in [1.807, 2.05) is 13.8 Å². The van der Waals surface area contributed by atoms with Gasteiger partial charge in [-0.2, -0.15) is 0 Å². The van der Waals surface area contributed by atoms with E-state index in [0.29, 0.717) is 17.1 Å². The van der Waals surface area contributed by atoms with Gasteiger partial charge in [0.05, 0.1) is 11.8 Å². The van der Waals surface area contributed by atoms with Crippen LogP contribution in [0.5, 0.6) is 5.75 Å². The Morgan fingerprint density at radius 1 is 1.42 bits per heavy atom. The first-order valence-corrected chi connectivity index (χ1v) is 6.51. The highest BCUT2D eigenvalue weighted by Gasteiger charge is 2.11. The molecule has 1 heterocycles. The number of carboxylic acids is 1. The number of hydrogen-bond donors (Lipinski definition) is 1. The highest BCUT2D eigenvalue weighted by molar-refractivity contribution is 9.10. The van der Waals surface area contributed by atoms with Crippen molar-refractivity contribution in [3.63, 3.8) is 0 Å². The average molecular weight is 328 g/mol. The topological polar surface area (TPSA) is 72.6 Å². The average Bonchev–Trinajstić information content (AvgIpc) is 2.93. The van der Waals surface area contributed by atoms with Crippen molar-refractivity contribution in [1.29, 1.82) is 0 Å². The fraction of sp³-hybridized carbons (Fsp3) is 0.231. The molecule has 1 N–H and O–H groups in total. The second-order valence-electron chi connectivity index (χ2n) is 3.20. The number of rotatable bonds is 4. The molecule has 0 saturated carbocycles. The van der Waals surface area contributed by atoms with Crippen LogP contribution in [-0.4, -0.2) is 22.8 Å². The summed E-state index contributed by atoms with van der Waals surface area (Å²) in [6.07, 6.45) is 1.51. The predicted octanol–water partition coefficient (Wildman–Crippen LogP) is 3.59. The van der Waals surface area contributed by atoms with Crippen molar-refractivity contribution in [3.05, 3.63) is 34.9 Å². The van der Waals surface area contributed by atoms with E-state index >= 15 is 0 Å². The number of halogens is 1. The standard InChI is InChI=1S/C11H8BrNO4.C2H6/c12-7-1-2-9(16-6-11(14)15)8(5-7)10-3-4-13-17-10;1-2/h1-5H,6H2,(H,14,15);1-2H3. The summed E-state index contributed by atoms with van der Waals surface area (Å²) in [5.74, 6) is -0.0736. The molecule has 0 aliphatic rings. The number of nitrogens with zero attached hydrogens (tertiary/aromatic N) is 1. The van der Waals surface area contributed by atoms with Crippen LogP contribution in [-0.2, 0) is 4.79 Å². The van der Waals surface area contributed by atoms with Gasteiger partial charge in [0.15, 0.2) is 12.4 Å². The smallest absolute Gasteiger partial charge is 0.341 e. The summed E-state index contributed by atoms with van der Waals surface area (Å²) >= 11 is 3.33. The highest BCUT2D eigenvalue weighted by Crippen LogP contribution is 2.32. The zero-order valence-electron chi connectivity index (χ0n) is 10.6. The van der Waals surface area contributed by atoms with Gasteiger partial charge in [-0.1, -0.05) is 34.9 Å². The van der Waals surface area contributed by atoms with Gasteiger partial charge in [0.25, 0.3) is 0 Å². The number of aromatic nitrogens is 1. The van der Waals surface area contributed by atoms with Crippen molar-refractivity contribution in [3.8, 4) is 17.1 Å². The van der Waals surface area contributed by atoms with Gasteiger partial charge in [0.1, 0.15) is 5.75 Å². The molecule has 1 aromatic carbocycles. The van der Waals surface area contributed by atoms with E-state index in [0.717, 1.165) is 4.47 Å². The first kappa shape index (κ1) is 15.2. The second-order valence-corrected chi connectivity index (χ2v) is 4.12. The molecular weight excluding hydrogens is 314 g/mol. The number of ether oxygens (including phenoxy) is 1. The van der Waals surface area contributed by atoms with Crippen molar-refractivity contribution in [1.82, 2.24) is 5.16 Å². The zero-order chi connectivity index (χ0) is 14.3. The minimum atomic E-state index is -1.03. The van der Waals surface area contributed by atoms with Crippen LogP contribution in [0.1, 0.15) is 13.8 Å². The third-order valence-corrected chi connectivity index (χ3v) is 2.49. The Morgan fingerprint density at radius 3 is 2.74 bits per heavy atom. The molecular formula is C13H14BrNO4. The summed E-state index contributed by atoms with van der Waals surface area (Å²) in [4.78, 5) is 10.5. The molecule has 19 heavy (non-hydrogen) atoms. The van der Waals surface area contributed by atoms with Crippen LogP contribution in [0, 0.1) is 0 Å². The summed E-state index contributed by atoms with van der Waals surface area (Å²) in [6, 6.07) is 6.88. The molecule has 2 aromatic rings. The van der Waals surface area contributed by atoms with Crippen molar-refractivity contribution in [2.24, 2.45) is 0 Å². The van der Waals surface area contributed by atoms with Gasteiger partial charge < -0.3 is 14.4 Å². The summed E-state index contributed by atoms with van der Waals surface area (Å²) < 4.78 is 11.0. The molecule has 0 aliphatic heterocycles. The third kappa shape index (κ3) is 4.40. The van der Waals surface area contributed by atoms with Crippen LogP contribution in [0.25, 0.3) is 11.3 Å². The van der Waals surface area contributed by atoms with Gasteiger partial charge in [0, 0.05) is 10.5 Å². The van der Waals surface area contributed by atoms with E-state index in [-0.39, 0.29) is 0 Å². The second kappa shape index (κ2) is 7.58. The molecule has 0 atom stereocenters. The quantitative estimate of drug-likeness (QED) is 0.928. The Labute approximate surface area is 119 Å². The molecule has 2 rings (SSSR count). The van der Waals surface area contributed by atoms with Crippen LogP contribution in [0.3, 0.4) is 0 Å². The summed E-state index contributed by atoms with van der Waals surface area (Å²) in [5, 5.41) is 12.2. The normalized spacial score (nSPS) is 9.42. The van der Waals surface area contributed by atoms with E-state index in [2.05, 4.69) is 21.1 Å². The molecule has 0 saturated heterocycles. The Balaban J connectivity index is 0.000000861. The Morgan fingerprint density at radius 2 is 2.16 bits per heavy atom. The lowest BCUT2D eigenvalue weighted by Gasteiger charge is -2.08. The van der Waals surface area contributed by atoms with Crippen LogP contribution in [0.4, 0.5) is 0 Å².